The molecule has 22 nitrogen and oxygen atoms in total. The number of aromatic nitrogens is 10. The number of ketones is 1. The van der Waals surface area contributed by atoms with Gasteiger partial charge in [-0.2, -0.15) is 15.0 Å². The number of amides is 2. The van der Waals surface area contributed by atoms with Gasteiger partial charge in [-0.05, 0) is 150 Å². The monoisotopic (exact) mass is 1470 g/mol. The lowest BCUT2D eigenvalue weighted by molar-refractivity contribution is -0.129. The fourth-order valence-electron chi connectivity index (χ4n) is 11.7. The molecule has 3 aliphatic carbocycles. The maximum Gasteiger partial charge on any atom is 0.280 e. The largest absolute Gasteiger partial charge is 0.477 e. The molecule has 0 radical (unpaired) electrons. The van der Waals surface area contributed by atoms with Gasteiger partial charge in [-0.3, -0.25) is 23.2 Å². The van der Waals surface area contributed by atoms with Crippen LogP contribution in [0.4, 0.5) is 29.2 Å². The van der Waals surface area contributed by atoms with E-state index in [0.29, 0.717) is 73.2 Å². The van der Waals surface area contributed by atoms with Crippen LogP contribution in [-0.2, 0) is 29.8 Å². The molecule has 0 spiro atoms. The number of nitrogens with one attached hydrogen (secondary N) is 1. The SMILES string of the molecule is CC12CC(C(=O)CBr)(CO1)C2.CCOc1nc(N)ncc1I.CCOc1nc2nc(C34COC(C)(C3)C4)cn2cc1I.CCOc1nc2nc(C34COC(C)(C3)C4)cn2cc1NC(=O)c1cccc(C(F)F)n1.NC(=O)c1cccc(C(F)F)n1. The first-order chi connectivity index (χ1) is 40.3. The number of halogens is 7. The molecule has 3 saturated carbocycles. The van der Waals surface area contributed by atoms with Crippen LogP contribution in [0.5, 0.6) is 17.6 Å². The summed E-state index contributed by atoms with van der Waals surface area (Å²) in [5, 5.41) is 3.15. The number of rotatable bonds is 15. The Morgan fingerprint density at radius 3 is 1.59 bits per heavy atom. The minimum absolute atomic E-state index is 0.0395. The van der Waals surface area contributed by atoms with E-state index in [-0.39, 0.29) is 56.3 Å². The zero-order valence-electron chi connectivity index (χ0n) is 47.1. The zero-order chi connectivity index (χ0) is 61.3. The second kappa shape index (κ2) is 25.4. The number of nitrogens with two attached hydrogens (primary N) is 2. The second-order valence-electron chi connectivity index (χ2n) is 22.2. The highest BCUT2D eigenvalue weighted by molar-refractivity contribution is 14.1. The summed E-state index contributed by atoms with van der Waals surface area (Å²) in [7, 11) is 0. The average Bonchev–Trinajstić information content (AvgIpc) is 1.74. The van der Waals surface area contributed by atoms with E-state index < -0.39 is 36.1 Å². The summed E-state index contributed by atoms with van der Waals surface area (Å²) in [5.74, 6) is 1.69. The molecule has 7 aromatic heterocycles. The number of alkyl halides is 5. The van der Waals surface area contributed by atoms with Gasteiger partial charge in [0.1, 0.15) is 28.5 Å². The lowest BCUT2D eigenvalue weighted by atomic mass is 9.61. The molecule has 13 heterocycles. The fourth-order valence-corrected chi connectivity index (χ4v) is 13.3. The molecule has 85 heavy (non-hydrogen) atoms. The summed E-state index contributed by atoms with van der Waals surface area (Å²) in [4.78, 5) is 67.6. The van der Waals surface area contributed by atoms with Crippen molar-refractivity contribution in [2.75, 3.05) is 56.0 Å². The Balaban J connectivity index is 0.000000137. The van der Waals surface area contributed by atoms with Crippen LogP contribution < -0.4 is 31.0 Å². The molecule has 7 aromatic rings. The Kier molecular flexibility index (Phi) is 18.9. The van der Waals surface area contributed by atoms with Crippen LogP contribution in [-0.4, -0.2) is 128 Å². The Morgan fingerprint density at radius 2 is 1.12 bits per heavy atom. The van der Waals surface area contributed by atoms with Crippen molar-refractivity contribution in [1.82, 2.24) is 48.7 Å². The number of fused-ring (bicyclic) bond motifs is 5. The van der Waals surface area contributed by atoms with Gasteiger partial charge in [0.2, 0.25) is 35.1 Å². The molecule has 9 aliphatic rings. The van der Waals surface area contributed by atoms with Gasteiger partial charge in [0.05, 0.1) is 85.7 Å². The number of carbonyl (C=O) groups excluding carboxylic acids is 3. The number of nitrogen functional groups attached to an aromatic ring is 1. The van der Waals surface area contributed by atoms with Gasteiger partial charge in [-0.25, -0.2) is 42.5 Å². The Morgan fingerprint density at radius 1 is 0.647 bits per heavy atom. The third-order valence-corrected chi connectivity index (χ3v) is 17.2. The normalized spacial score (nSPS) is 25.1. The summed E-state index contributed by atoms with van der Waals surface area (Å²) in [6.07, 6.45) is 9.69. The van der Waals surface area contributed by atoms with E-state index in [1.54, 1.807) is 23.7 Å². The molecule has 6 aliphatic heterocycles. The van der Waals surface area contributed by atoms with Crippen LogP contribution in [0, 0.1) is 12.6 Å². The van der Waals surface area contributed by atoms with E-state index in [2.05, 4.69) is 128 Å². The first-order valence-corrected chi connectivity index (χ1v) is 30.3. The van der Waals surface area contributed by atoms with E-state index >= 15 is 0 Å². The van der Waals surface area contributed by atoms with Gasteiger partial charge >= 0.3 is 0 Å². The third kappa shape index (κ3) is 13.7. The number of imidazole rings is 2. The number of hydrogen-bond donors (Lipinski definition) is 3. The van der Waals surface area contributed by atoms with Crippen molar-refractivity contribution >= 4 is 102 Å². The van der Waals surface area contributed by atoms with Crippen LogP contribution in [0.3, 0.4) is 0 Å². The van der Waals surface area contributed by atoms with Crippen molar-refractivity contribution in [3.63, 3.8) is 0 Å². The number of nitrogens with zero attached hydrogens (tertiary/aromatic N) is 10. The number of Topliss-reactive ketones (excluding diaryl/α,β-unsaturated/α-hetero) is 1. The first-order valence-electron chi connectivity index (χ1n) is 27.0. The molecule has 0 atom stereocenters. The van der Waals surface area contributed by atoms with E-state index in [0.717, 1.165) is 69.7 Å². The molecule has 6 saturated heterocycles. The van der Waals surface area contributed by atoms with Gasteiger partial charge in [0.25, 0.3) is 24.7 Å². The van der Waals surface area contributed by atoms with Crippen molar-refractivity contribution in [2.24, 2.45) is 11.1 Å². The highest BCUT2D eigenvalue weighted by atomic mass is 127. The van der Waals surface area contributed by atoms with Crippen molar-refractivity contribution in [3.8, 4) is 17.6 Å². The minimum atomic E-state index is -2.76. The van der Waals surface area contributed by atoms with Gasteiger partial charge in [0, 0.05) is 41.8 Å². The minimum Gasteiger partial charge on any atom is -0.477 e. The topological polar surface area (TPSA) is 283 Å². The number of anilines is 2. The summed E-state index contributed by atoms with van der Waals surface area (Å²) in [6, 6.07) is 7.65. The smallest absolute Gasteiger partial charge is 0.280 e. The summed E-state index contributed by atoms with van der Waals surface area (Å²) >= 11 is 7.54. The van der Waals surface area contributed by atoms with Crippen molar-refractivity contribution < 1.29 is 60.4 Å². The first kappa shape index (κ1) is 63.5. The summed E-state index contributed by atoms with van der Waals surface area (Å²) in [5.41, 5.74) is 11.3. The molecular formula is C56H62BrF4I2N13O9. The summed E-state index contributed by atoms with van der Waals surface area (Å²) in [6.45, 7) is 15.6. The van der Waals surface area contributed by atoms with E-state index in [1.807, 2.05) is 30.6 Å². The molecule has 6 bridgehead atoms. The molecule has 454 valence electrons. The Labute approximate surface area is 521 Å². The second-order valence-corrected chi connectivity index (χ2v) is 25.1. The predicted octanol–water partition coefficient (Wildman–Crippen LogP) is 9.79. The van der Waals surface area contributed by atoms with E-state index in [9.17, 15) is 31.9 Å². The number of ether oxygens (including phenoxy) is 6. The fraction of sp³-hybridized carbons (Fsp3) is 0.482. The molecule has 0 unspecified atom stereocenters. The van der Waals surface area contributed by atoms with Crippen LogP contribution in [0.1, 0.15) is 137 Å². The number of carbonyl (C=O) groups is 3. The molecular weight excluding hydrogens is 1410 g/mol. The van der Waals surface area contributed by atoms with E-state index in [1.165, 1.54) is 30.3 Å². The molecule has 0 aromatic carbocycles. The highest BCUT2D eigenvalue weighted by Crippen LogP contribution is 2.60. The average molecular weight is 1470 g/mol. The van der Waals surface area contributed by atoms with Crippen molar-refractivity contribution in [2.45, 2.75) is 121 Å². The number of hydrogen-bond acceptors (Lipinski definition) is 18. The van der Waals surface area contributed by atoms with Gasteiger partial charge in [0.15, 0.2) is 5.78 Å². The standard InChI is InChI=1S/C21H21F2N5O3.C14H16IN3O2.C8H11BrO2.C7H6F2N2O.C6H8IN3O/c1-3-30-18-14(25-17(29)13-6-4-5-12(24-13)16(22)23)7-28-8-15(26-19(28)27-18)21-9-20(2,10-21)31-11-21;1-3-19-11-9(15)4-18-5-10(16-12(18)17-11)14-6-13(2,7-14)20-8-14;1-7-3-8(4-7,5-11-7)6(10)2-9;8-6(9)4-2-1-3-5(11-4)7(10)12;1-2-11-5-4(7)3-9-6(8)10-5/h4-8,16H,3,9-11H2,1-2H3,(H,25,29);4-5H,3,6-8H2,1-2H3;2-5H2,1H3;1-3,6H,(H2,10,12);3H,2H2,1H3,(H2,8,9,10). The molecule has 5 N–H and O–H groups in total. The molecule has 9 fully saturated rings. The number of primary amides is 1. The zero-order valence-corrected chi connectivity index (χ0v) is 53.0. The summed E-state index contributed by atoms with van der Waals surface area (Å²) < 4.78 is 88.9. The molecule has 16 rings (SSSR count). The predicted molar refractivity (Wildman–Crippen MR) is 322 cm³/mol. The van der Waals surface area contributed by atoms with Crippen molar-refractivity contribution in [1.29, 1.82) is 0 Å². The van der Waals surface area contributed by atoms with Crippen LogP contribution >= 0.6 is 61.1 Å². The van der Waals surface area contributed by atoms with Crippen LogP contribution in [0.2, 0.25) is 0 Å². The third-order valence-electron chi connectivity index (χ3n) is 15.2. The molecule has 2 amide bonds. The van der Waals surface area contributed by atoms with Gasteiger partial charge in [-0.15, -0.1) is 0 Å². The lowest BCUT2D eigenvalue weighted by Crippen LogP contribution is -2.47. The number of pyridine rings is 2. The Bertz CT molecular complexity index is 3620. The maximum absolute atomic E-state index is 12.9. The highest BCUT2D eigenvalue weighted by Gasteiger charge is 2.64. The Hall–Kier alpha value is -6.03. The van der Waals surface area contributed by atoms with Crippen LogP contribution in [0.25, 0.3) is 11.6 Å². The van der Waals surface area contributed by atoms with E-state index in [4.69, 9.17) is 44.9 Å². The maximum atomic E-state index is 12.9. The van der Waals surface area contributed by atoms with Crippen molar-refractivity contribution in [3.05, 3.63) is 109 Å². The van der Waals surface area contributed by atoms with Gasteiger partial charge in [-0.1, -0.05) is 28.1 Å². The molecule has 29 heteroatoms. The lowest BCUT2D eigenvalue weighted by Gasteiger charge is -2.41. The van der Waals surface area contributed by atoms with Crippen LogP contribution in [0.15, 0.2) is 67.4 Å². The quantitative estimate of drug-likeness (QED) is 0.0489. The van der Waals surface area contributed by atoms with Gasteiger partial charge < -0.3 is 45.2 Å².